The molecule has 1 aliphatic rings. The van der Waals surface area contributed by atoms with Gasteiger partial charge in [-0.05, 0) is 30.2 Å². The van der Waals surface area contributed by atoms with Crippen LogP contribution in [0.2, 0.25) is 0 Å². The zero-order valence-electron chi connectivity index (χ0n) is 12.4. The molecule has 21 heavy (non-hydrogen) atoms. The Bertz CT molecular complexity index is 510. The van der Waals surface area contributed by atoms with Gasteiger partial charge < -0.3 is 16.3 Å². The van der Waals surface area contributed by atoms with Crippen LogP contribution in [0.15, 0.2) is 35.5 Å². The van der Waals surface area contributed by atoms with Crippen LogP contribution in [0.5, 0.6) is 0 Å². The van der Waals surface area contributed by atoms with Crippen LogP contribution in [0.3, 0.4) is 0 Å². The molecule has 0 radical (unpaired) electrons. The van der Waals surface area contributed by atoms with Crippen molar-refractivity contribution in [2.75, 3.05) is 6.54 Å². The van der Waals surface area contributed by atoms with Crippen LogP contribution >= 0.6 is 0 Å². The number of nitrogens with one attached hydrogen (secondary N) is 1. The molecule has 1 saturated carbocycles. The molecule has 1 aliphatic carbocycles. The summed E-state index contributed by atoms with van der Waals surface area (Å²) in [7, 11) is 0. The molecule has 0 saturated heterocycles. The minimum absolute atomic E-state index is 0.0462. The first-order chi connectivity index (χ1) is 10.0. The Morgan fingerprint density at radius 2 is 2.10 bits per heavy atom. The summed E-state index contributed by atoms with van der Waals surface area (Å²) < 4.78 is 0. The highest BCUT2D eigenvalue weighted by atomic mass is 16.4. The summed E-state index contributed by atoms with van der Waals surface area (Å²) in [6, 6.07) is 9.59. The van der Waals surface area contributed by atoms with Gasteiger partial charge in [0, 0.05) is 6.54 Å². The van der Waals surface area contributed by atoms with Crippen molar-refractivity contribution < 1.29 is 10.0 Å². The summed E-state index contributed by atoms with van der Waals surface area (Å²) in [5.74, 6) is -0.863. The van der Waals surface area contributed by atoms with Gasteiger partial charge in [0.15, 0.2) is 5.84 Å². The highest BCUT2D eigenvalue weighted by molar-refractivity contribution is 6.02. The number of nitrogens with two attached hydrogens (primary N) is 1. The van der Waals surface area contributed by atoms with E-state index in [1.807, 2.05) is 30.3 Å². The lowest BCUT2D eigenvalue weighted by Gasteiger charge is -2.38. The Morgan fingerprint density at radius 3 is 2.62 bits per heavy atom. The second-order valence-corrected chi connectivity index (χ2v) is 6.15. The first kappa shape index (κ1) is 15.4. The van der Waals surface area contributed by atoms with Crippen molar-refractivity contribution in [1.82, 2.24) is 5.32 Å². The number of amidine groups is 1. The van der Waals surface area contributed by atoms with Gasteiger partial charge in [-0.2, -0.15) is 0 Å². The SMILES string of the molecule is CC1(CNC(=O)C(Cc2ccccc2)/C(N)=N/O)CCC1. The maximum Gasteiger partial charge on any atom is 0.231 e. The first-order valence-electron chi connectivity index (χ1n) is 7.33. The van der Waals surface area contributed by atoms with Gasteiger partial charge >= 0.3 is 0 Å². The fourth-order valence-electron chi connectivity index (χ4n) is 2.63. The number of hydrogen-bond donors (Lipinski definition) is 3. The van der Waals surface area contributed by atoms with Crippen molar-refractivity contribution in [1.29, 1.82) is 0 Å². The van der Waals surface area contributed by atoms with E-state index < -0.39 is 5.92 Å². The molecule has 0 spiro atoms. The number of amides is 1. The third-order valence-electron chi connectivity index (χ3n) is 4.32. The monoisotopic (exact) mass is 289 g/mol. The molecule has 1 aromatic carbocycles. The van der Waals surface area contributed by atoms with E-state index in [9.17, 15) is 4.79 Å². The largest absolute Gasteiger partial charge is 0.409 e. The number of rotatable bonds is 6. The van der Waals surface area contributed by atoms with Crippen molar-refractivity contribution in [2.24, 2.45) is 22.2 Å². The molecule has 0 aromatic heterocycles. The van der Waals surface area contributed by atoms with Gasteiger partial charge in [0.2, 0.25) is 5.91 Å². The van der Waals surface area contributed by atoms with E-state index in [-0.39, 0.29) is 17.2 Å². The number of oxime groups is 1. The van der Waals surface area contributed by atoms with E-state index in [2.05, 4.69) is 17.4 Å². The third kappa shape index (κ3) is 3.97. The van der Waals surface area contributed by atoms with Crippen LogP contribution < -0.4 is 11.1 Å². The van der Waals surface area contributed by atoms with Gasteiger partial charge in [-0.1, -0.05) is 48.8 Å². The molecule has 1 fully saturated rings. The summed E-state index contributed by atoms with van der Waals surface area (Å²) in [6.45, 7) is 2.82. The lowest BCUT2D eigenvalue weighted by atomic mass is 9.70. The summed E-state index contributed by atoms with van der Waals surface area (Å²) >= 11 is 0. The summed E-state index contributed by atoms with van der Waals surface area (Å²) in [5, 5.41) is 14.9. The van der Waals surface area contributed by atoms with Crippen LogP contribution in [0.25, 0.3) is 0 Å². The van der Waals surface area contributed by atoms with E-state index >= 15 is 0 Å². The van der Waals surface area contributed by atoms with E-state index in [1.54, 1.807) is 0 Å². The molecule has 1 atom stereocenters. The number of nitrogens with zero attached hydrogens (tertiary/aromatic N) is 1. The van der Waals surface area contributed by atoms with Crippen molar-refractivity contribution in [3.05, 3.63) is 35.9 Å². The molecule has 5 nitrogen and oxygen atoms in total. The predicted molar refractivity (Wildman–Crippen MR) is 82.0 cm³/mol. The zero-order valence-corrected chi connectivity index (χ0v) is 12.4. The van der Waals surface area contributed by atoms with Gasteiger partial charge in [0.05, 0.1) is 0 Å². The molecule has 114 valence electrons. The lowest BCUT2D eigenvalue weighted by molar-refractivity contribution is -0.123. The van der Waals surface area contributed by atoms with Crippen molar-refractivity contribution in [3.8, 4) is 0 Å². The fraction of sp³-hybridized carbons (Fsp3) is 0.500. The van der Waals surface area contributed by atoms with Gasteiger partial charge in [-0.15, -0.1) is 0 Å². The van der Waals surface area contributed by atoms with Gasteiger partial charge in [-0.3, -0.25) is 4.79 Å². The van der Waals surface area contributed by atoms with E-state index in [0.717, 1.165) is 18.4 Å². The average molecular weight is 289 g/mol. The second-order valence-electron chi connectivity index (χ2n) is 6.15. The van der Waals surface area contributed by atoms with Crippen molar-refractivity contribution in [2.45, 2.75) is 32.6 Å². The molecule has 0 aliphatic heterocycles. The molecular formula is C16H23N3O2. The zero-order chi connectivity index (χ0) is 15.3. The Kier molecular flexibility index (Phi) is 4.83. The quantitative estimate of drug-likeness (QED) is 0.323. The molecule has 0 bridgehead atoms. The Hall–Kier alpha value is -2.04. The summed E-state index contributed by atoms with van der Waals surface area (Å²) in [6.07, 6.45) is 3.93. The van der Waals surface area contributed by atoms with Crippen LogP contribution in [0.4, 0.5) is 0 Å². The molecular weight excluding hydrogens is 266 g/mol. The molecule has 0 heterocycles. The Labute approximate surface area is 125 Å². The average Bonchev–Trinajstić information content (AvgIpc) is 2.48. The minimum Gasteiger partial charge on any atom is -0.409 e. The van der Waals surface area contributed by atoms with Crippen LogP contribution in [0, 0.1) is 11.3 Å². The topological polar surface area (TPSA) is 87.7 Å². The fourth-order valence-corrected chi connectivity index (χ4v) is 2.63. The second kappa shape index (κ2) is 6.61. The number of hydrogen-bond acceptors (Lipinski definition) is 3. The van der Waals surface area contributed by atoms with Crippen LogP contribution in [-0.2, 0) is 11.2 Å². The normalized spacial score (nSPS) is 18.6. The molecule has 4 N–H and O–H groups in total. The van der Waals surface area contributed by atoms with Crippen molar-refractivity contribution in [3.63, 3.8) is 0 Å². The highest BCUT2D eigenvalue weighted by Crippen LogP contribution is 2.39. The van der Waals surface area contributed by atoms with Crippen LogP contribution in [-0.4, -0.2) is 23.5 Å². The number of carbonyl (C=O) groups excluding carboxylic acids is 1. The molecule has 5 heteroatoms. The standard InChI is InChI=1S/C16H23N3O2/c1-16(8-5-9-16)11-18-15(20)13(14(17)19-21)10-12-6-3-2-4-7-12/h2-4,6-7,13,21H,5,8-11H2,1H3,(H2,17,19)(H,18,20). The number of carbonyl (C=O) groups is 1. The molecule has 1 amide bonds. The van der Waals surface area contributed by atoms with Gasteiger partial charge in [0.1, 0.15) is 5.92 Å². The highest BCUT2D eigenvalue weighted by Gasteiger charge is 2.33. The maximum atomic E-state index is 12.4. The Balaban J connectivity index is 2.00. The van der Waals surface area contributed by atoms with E-state index in [4.69, 9.17) is 10.9 Å². The minimum atomic E-state index is -0.638. The molecule has 2 rings (SSSR count). The van der Waals surface area contributed by atoms with Gasteiger partial charge in [-0.25, -0.2) is 0 Å². The summed E-state index contributed by atoms with van der Waals surface area (Å²) in [4.78, 5) is 12.4. The molecule has 1 aromatic rings. The first-order valence-corrected chi connectivity index (χ1v) is 7.33. The maximum absolute atomic E-state index is 12.4. The van der Waals surface area contributed by atoms with Gasteiger partial charge in [0.25, 0.3) is 0 Å². The van der Waals surface area contributed by atoms with E-state index in [1.165, 1.54) is 6.42 Å². The Morgan fingerprint density at radius 1 is 1.43 bits per heavy atom. The number of benzene rings is 1. The summed E-state index contributed by atoms with van der Waals surface area (Å²) in [5.41, 5.74) is 6.88. The predicted octanol–water partition coefficient (Wildman–Crippen LogP) is 1.90. The smallest absolute Gasteiger partial charge is 0.231 e. The lowest BCUT2D eigenvalue weighted by Crippen LogP contribution is -2.45. The molecule has 1 unspecified atom stereocenters. The van der Waals surface area contributed by atoms with Crippen molar-refractivity contribution >= 4 is 11.7 Å². The van der Waals surface area contributed by atoms with Crippen LogP contribution in [0.1, 0.15) is 31.7 Å². The van der Waals surface area contributed by atoms with E-state index in [0.29, 0.717) is 13.0 Å². The third-order valence-corrected chi connectivity index (χ3v) is 4.32.